The van der Waals surface area contributed by atoms with Crippen molar-refractivity contribution in [3.63, 3.8) is 0 Å². The first kappa shape index (κ1) is 16.1. The zero-order valence-corrected chi connectivity index (χ0v) is 14.1. The maximum Gasteiger partial charge on any atom is 0.252 e. The molecule has 0 radical (unpaired) electrons. The molecule has 1 amide bonds. The molecule has 1 aromatic heterocycles. The summed E-state index contributed by atoms with van der Waals surface area (Å²) < 4.78 is 0. The highest BCUT2D eigenvalue weighted by Gasteiger charge is 2.18. The molecular weight excluding hydrogens is 318 g/mol. The minimum atomic E-state index is -0.237. The molecule has 0 fully saturated rings. The second kappa shape index (κ2) is 7.23. The van der Waals surface area contributed by atoms with Crippen LogP contribution in [0.15, 0.2) is 66.0 Å². The van der Waals surface area contributed by atoms with Gasteiger partial charge in [-0.05, 0) is 35.6 Å². The Bertz CT molecular complexity index is 869. The van der Waals surface area contributed by atoms with Gasteiger partial charge in [-0.1, -0.05) is 48.5 Å². The van der Waals surface area contributed by atoms with Gasteiger partial charge in [-0.15, -0.1) is 11.3 Å². The van der Waals surface area contributed by atoms with Crippen molar-refractivity contribution in [2.75, 3.05) is 0 Å². The molecule has 0 aliphatic heterocycles. The van der Waals surface area contributed by atoms with Crippen molar-refractivity contribution in [2.45, 2.75) is 13.5 Å². The first-order valence-corrected chi connectivity index (χ1v) is 8.54. The fourth-order valence-corrected chi connectivity index (χ4v) is 3.18. The molecule has 1 heterocycles. The van der Waals surface area contributed by atoms with Crippen LogP contribution in [0.1, 0.15) is 36.7 Å². The largest absolute Gasteiger partial charge is 0.348 e. The second-order valence-electron chi connectivity index (χ2n) is 5.46. The standard InChI is InChI=1S/C20H17NO2S/c1-14-7-2-3-8-15(14)13-21-20(23)17-10-5-4-9-16(17)19(22)18-11-6-12-24-18/h2-12H,13H2,1H3,(H,21,23). The summed E-state index contributed by atoms with van der Waals surface area (Å²) in [7, 11) is 0. The molecule has 0 saturated carbocycles. The number of carbonyl (C=O) groups excluding carboxylic acids is 2. The molecule has 0 aliphatic carbocycles. The van der Waals surface area contributed by atoms with Gasteiger partial charge in [0.05, 0.1) is 10.4 Å². The van der Waals surface area contributed by atoms with E-state index < -0.39 is 0 Å². The van der Waals surface area contributed by atoms with Gasteiger partial charge in [0.25, 0.3) is 5.91 Å². The third-order valence-corrected chi connectivity index (χ3v) is 4.73. The van der Waals surface area contributed by atoms with Gasteiger partial charge in [-0.25, -0.2) is 0 Å². The first-order chi connectivity index (χ1) is 11.7. The van der Waals surface area contributed by atoms with E-state index in [-0.39, 0.29) is 11.7 Å². The maximum absolute atomic E-state index is 12.6. The molecule has 2 aromatic carbocycles. The van der Waals surface area contributed by atoms with Crippen LogP contribution in [0.25, 0.3) is 0 Å². The molecule has 24 heavy (non-hydrogen) atoms. The highest BCUT2D eigenvalue weighted by atomic mass is 32.1. The summed E-state index contributed by atoms with van der Waals surface area (Å²) in [4.78, 5) is 25.8. The quantitative estimate of drug-likeness (QED) is 0.710. The van der Waals surface area contributed by atoms with E-state index in [9.17, 15) is 9.59 Å². The van der Waals surface area contributed by atoms with Crippen LogP contribution in [-0.4, -0.2) is 11.7 Å². The van der Waals surface area contributed by atoms with Crippen LogP contribution in [-0.2, 0) is 6.54 Å². The normalized spacial score (nSPS) is 10.4. The van der Waals surface area contributed by atoms with Gasteiger partial charge in [0.1, 0.15) is 0 Å². The molecule has 0 aliphatic rings. The molecule has 0 atom stereocenters. The van der Waals surface area contributed by atoms with E-state index in [1.807, 2.05) is 42.6 Å². The van der Waals surface area contributed by atoms with Gasteiger partial charge in [-0.2, -0.15) is 0 Å². The Labute approximate surface area is 145 Å². The number of thiophene rings is 1. The predicted molar refractivity (Wildman–Crippen MR) is 96.5 cm³/mol. The third kappa shape index (κ3) is 3.44. The van der Waals surface area contributed by atoms with E-state index in [2.05, 4.69) is 5.32 Å². The number of hydrogen-bond acceptors (Lipinski definition) is 3. The van der Waals surface area contributed by atoms with Crippen LogP contribution in [0.4, 0.5) is 0 Å². The summed E-state index contributed by atoms with van der Waals surface area (Å²) in [6.45, 7) is 2.45. The highest BCUT2D eigenvalue weighted by Crippen LogP contribution is 2.18. The first-order valence-electron chi connectivity index (χ1n) is 7.67. The van der Waals surface area contributed by atoms with E-state index in [0.29, 0.717) is 22.5 Å². The lowest BCUT2D eigenvalue weighted by molar-refractivity contribution is 0.0940. The van der Waals surface area contributed by atoms with Crippen molar-refractivity contribution >= 4 is 23.0 Å². The molecule has 3 nitrogen and oxygen atoms in total. The van der Waals surface area contributed by atoms with Crippen molar-refractivity contribution in [3.8, 4) is 0 Å². The third-order valence-electron chi connectivity index (χ3n) is 3.86. The fraction of sp³-hybridized carbons (Fsp3) is 0.100. The number of rotatable bonds is 5. The van der Waals surface area contributed by atoms with E-state index in [0.717, 1.165) is 11.1 Å². The van der Waals surface area contributed by atoms with Gasteiger partial charge in [0, 0.05) is 12.1 Å². The van der Waals surface area contributed by atoms with E-state index in [1.54, 1.807) is 30.3 Å². The zero-order valence-electron chi connectivity index (χ0n) is 13.3. The summed E-state index contributed by atoms with van der Waals surface area (Å²) in [5.74, 6) is -0.356. The number of amides is 1. The number of hydrogen-bond donors (Lipinski definition) is 1. The smallest absolute Gasteiger partial charge is 0.252 e. The van der Waals surface area contributed by atoms with Crippen molar-refractivity contribution < 1.29 is 9.59 Å². The van der Waals surface area contributed by atoms with Crippen molar-refractivity contribution in [1.29, 1.82) is 0 Å². The summed E-state index contributed by atoms with van der Waals surface area (Å²) >= 11 is 1.38. The topological polar surface area (TPSA) is 46.2 Å². The van der Waals surface area contributed by atoms with Gasteiger partial charge in [0.15, 0.2) is 0 Å². The Balaban J connectivity index is 1.81. The molecule has 1 N–H and O–H groups in total. The number of aryl methyl sites for hydroxylation is 1. The lowest BCUT2D eigenvalue weighted by atomic mass is 10.0. The van der Waals surface area contributed by atoms with Crippen LogP contribution in [0.5, 0.6) is 0 Å². The highest BCUT2D eigenvalue weighted by molar-refractivity contribution is 7.12. The van der Waals surface area contributed by atoms with Gasteiger partial charge in [-0.3, -0.25) is 9.59 Å². The molecular formula is C20H17NO2S. The molecule has 120 valence electrons. The van der Waals surface area contributed by atoms with E-state index in [4.69, 9.17) is 0 Å². The Morgan fingerprint density at radius 1 is 0.917 bits per heavy atom. The van der Waals surface area contributed by atoms with Crippen LogP contribution < -0.4 is 5.32 Å². The summed E-state index contributed by atoms with van der Waals surface area (Å²) in [5.41, 5.74) is 3.03. The molecule has 0 spiro atoms. The Kier molecular flexibility index (Phi) is 4.87. The number of benzene rings is 2. The summed E-state index contributed by atoms with van der Waals surface area (Å²) in [5, 5.41) is 4.76. The minimum absolute atomic E-state index is 0.119. The summed E-state index contributed by atoms with van der Waals surface area (Å²) in [6.07, 6.45) is 0. The van der Waals surface area contributed by atoms with Gasteiger partial charge in [0.2, 0.25) is 5.78 Å². The SMILES string of the molecule is Cc1ccccc1CNC(=O)c1ccccc1C(=O)c1cccs1. The molecule has 0 bridgehead atoms. The molecule has 0 saturated heterocycles. The van der Waals surface area contributed by atoms with Gasteiger partial charge < -0.3 is 5.32 Å². The molecule has 3 rings (SSSR count). The number of nitrogens with one attached hydrogen (secondary N) is 1. The average molecular weight is 335 g/mol. The lowest BCUT2D eigenvalue weighted by Crippen LogP contribution is -2.25. The zero-order chi connectivity index (χ0) is 16.9. The van der Waals surface area contributed by atoms with Crippen molar-refractivity contribution in [1.82, 2.24) is 5.32 Å². The van der Waals surface area contributed by atoms with Gasteiger partial charge >= 0.3 is 0 Å². The van der Waals surface area contributed by atoms with Crippen LogP contribution >= 0.6 is 11.3 Å². The number of carbonyl (C=O) groups is 2. The maximum atomic E-state index is 12.6. The average Bonchev–Trinajstić information content (AvgIpc) is 3.15. The minimum Gasteiger partial charge on any atom is -0.348 e. The fourth-order valence-electron chi connectivity index (χ4n) is 2.50. The van der Waals surface area contributed by atoms with E-state index in [1.165, 1.54) is 11.3 Å². The summed E-state index contributed by atoms with van der Waals surface area (Å²) in [6, 6.07) is 18.5. The Hall–Kier alpha value is -2.72. The Morgan fingerprint density at radius 2 is 1.62 bits per heavy atom. The second-order valence-corrected chi connectivity index (χ2v) is 6.41. The van der Waals surface area contributed by atoms with E-state index >= 15 is 0 Å². The monoisotopic (exact) mass is 335 g/mol. The molecule has 3 aromatic rings. The van der Waals surface area contributed by atoms with Crippen LogP contribution in [0.3, 0.4) is 0 Å². The van der Waals surface area contributed by atoms with Crippen molar-refractivity contribution in [2.24, 2.45) is 0 Å². The van der Waals surface area contributed by atoms with Crippen LogP contribution in [0, 0.1) is 6.92 Å². The Morgan fingerprint density at radius 3 is 2.33 bits per heavy atom. The lowest BCUT2D eigenvalue weighted by Gasteiger charge is -2.10. The van der Waals surface area contributed by atoms with Crippen molar-refractivity contribution in [3.05, 3.63) is 93.2 Å². The molecule has 4 heteroatoms. The van der Waals surface area contributed by atoms with Crippen LogP contribution in [0.2, 0.25) is 0 Å². The molecule has 0 unspecified atom stereocenters. The number of ketones is 1. The predicted octanol–water partition coefficient (Wildman–Crippen LogP) is 4.22.